The quantitative estimate of drug-likeness (QED) is 0.572. The van der Waals surface area contributed by atoms with Crippen molar-refractivity contribution in [3.63, 3.8) is 0 Å². The number of hydrogen-bond donors (Lipinski definition) is 1. The second kappa shape index (κ2) is 7.17. The van der Waals surface area contributed by atoms with Crippen molar-refractivity contribution in [2.24, 2.45) is 0 Å². The molecule has 0 aromatic carbocycles. The normalized spacial score (nSPS) is 12.3. The Hall–Kier alpha value is -0.170. The fourth-order valence-electron chi connectivity index (χ4n) is 0.992. The average Bonchev–Trinajstić information content (AvgIpc) is 2.08. The van der Waals surface area contributed by atoms with E-state index in [1.807, 2.05) is 4.90 Å². The minimum Gasteiger partial charge on any atom is -0.395 e. The first-order valence-electron chi connectivity index (χ1n) is 4.49. The van der Waals surface area contributed by atoms with E-state index < -0.39 is 9.84 Å². The molecule has 0 bridgehead atoms. The van der Waals surface area contributed by atoms with Gasteiger partial charge < -0.3 is 9.84 Å². The van der Waals surface area contributed by atoms with Crippen LogP contribution in [-0.4, -0.2) is 70.4 Å². The van der Waals surface area contributed by atoms with Crippen LogP contribution in [0.4, 0.5) is 0 Å². The minimum absolute atomic E-state index is 0.0352. The molecule has 1 N–H and O–H groups in total. The lowest BCUT2D eigenvalue weighted by atomic mass is 10.5. The molecule has 0 heterocycles. The first-order valence-corrected chi connectivity index (χ1v) is 6.55. The third kappa shape index (κ3) is 8.43. The van der Waals surface area contributed by atoms with Crippen molar-refractivity contribution in [1.29, 1.82) is 0 Å². The van der Waals surface area contributed by atoms with Crippen LogP contribution in [-0.2, 0) is 14.6 Å². The van der Waals surface area contributed by atoms with Gasteiger partial charge in [0.2, 0.25) is 0 Å². The zero-order valence-electron chi connectivity index (χ0n) is 8.77. The highest BCUT2D eigenvalue weighted by atomic mass is 32.2. The predicted octanol–water partition coefficient (Wildman–Crippen LogP) is -1.03. The summed E-state index contributed by atoms with van der Waals surface area (Å²) in [6.07, 6.45) is 1.21. The molecular formula is C8H19NO4S. The molecule has 0 radical (unpaired) electrons. The summed E-state index contributed by atoms with van der Waals surface area (Å²) >= 11 is 0. The highest BCUT2D eigenvalue weighted by Gasteiger charge is 2.08. The molecule has 0 rings (SSSR count). The summed E-state index contributed by atoms with van der Waals surface area (Å²) in [7, 11) is -1.34. The first-order chi connectivity index (χ1) is 6.49. The van der Waals surface area contributed by atoms with Gasteiger partial charge in [-0.15, -0.1) is 0 Å². The van der Waals surface area contributed by atoms with Crippen molar-refractivity contribution in [3.8, 4) is 0 Å². The van der Waals surface area contributed by atoms with E-state index in [1.54, 1.807) is 7.11 Å². The lowest BCUT2D eigenvalue weighted by Gasteiger charge is -2.19. The molecule has 0 unspecified atom stereocenters. The second-order valence-corrected chi connectivity index (χ2v) is 5.45. The summed E-state index contributed by atoms with van der Waals surface area (Å²) in [6.45, 7) is 2.16. The van der Waals surface area contributed by atoms with E-state index in [2.05, 4.69) is 0 Å². The molecule has 14 heavy (non-hydrogen) atoms. The van der Waals surface area contributed by atoms with Crippen LogP contribution in [0.25, 0.3) is 0 Å². The Morgan fingerprint density at radius 1 is 1.29 bits per heavy atom. The number of hydrogen-bond acceptors (Lipinski definition) is 5. The monoisotopic (exact) mass is 225 g/mol. The van der Waals surface area contributed by atoms with Gasteiger partial charge in [0.05, 0.1) is 19.0 Å². The number of nitrogens with zero attached hydrogens (tertiary/aromatic N) is 1. The van der Waals surface area contributed by atoms with Gasteiger partial charge >= 0.3 is 0 Å². The standard InChI is InChI=1S/C8H19NO4S/c1-13-7-4-9(3-6-10)5-8-14(2,11)12/h10H,3-8H2,1-2H3. The SMILES string of the molecule is COCCN(CCO)CCS(C)(=O)=O. The van der Waals surface area contributed by atoms with Crippen molar-refractivity contribution < 1.29 is 18.3 Å². The van der Waals surface area contributed by atoms with E-state index in [0.717, 1.165) is 0 Å². The Labute approximate surface area is 85.6 Å². The third-order valence-corrected chi connectivity index (χ3v) is 2.73. The Bertz CT molecular complexity index is 227. The molecule has 0 aromatic rings. The van der Waals surface area contributed by atoms with Gasteiger partial charge in [0.1, 0.15) is 9.84 Å². The van der Waals surface area contributed by atoms with E-state index in [4.69, 9.17) is 9.84 Å². The number of aliphatic hydroxyl groups is 1. The lowest BCUT2D eigenvalue weighted by molar-refractivity contribution is 0.135. The maximum absolute atomic E-state index is 10.9. The fourth-order valence-corrected chi connectivity index (χ4v) is 1.58. The third-order valence-electron chi connectivity index (χ3n) is 1.81. The maximum Gasteiger partial charge on any atom is 0.148 e. The molecule has 0 saturated heterocycles. The summed E-state index contributed by atoms with van der Waals surface area (Å²) in [6, 6.07) is 0. The summed E-state index contributed by atoms with van der Waals surface area (Å²) in [5, 5.41) is 8.73. The summed E-state index contributed by atoms with van der Waals surface area (Å²) in [5.74, 6) is 0.122. The maximum atomic E-state index is 10.9. The lowest BCUT2D eigenvalue weighted by Crippen LogP contribution is -2.34. The number of methoxy groups -OCH3 is 1. The van der Waals surface area contributed by atoms with Gasteiger partial charge in [0, 0.05) is 33.0 Å². The van der Waals surface area contributed by atoms with Gasteiger partial charge in [0.15, 0.2) is 0 Å². The van der Waals surface area contributed by atoms with Gasteiger partial charge in [-0.2, -0.15) is 0 Å². The van der Waals surface area contributed by atoms with E-state index in [0.29, 0.717) is 26.2 Å². The molecule has 86 valence electrons. The highest BCUT2D eigenvalue weighted by molar-refractivity contribution is 7.90. The van der Waals surface area contributed by atoms with Crippen molar-refractivity contribution in [2.75, 3.05) is 52.0 Å². The Balaban J connectivity index is 3.84. The molecule has 0 saturated carbocycles. The fraction of sp³-hybridized carbons (Fsp3) is 1.00. The van der Waals surface area contributed by atoms with Gasteiger partial charge in [0.25, 0.3) is 0 Å². The predicted molar refractivity (Wildman–Crippen MR) is 55.1 cm³/mol. The number of aliphatic hydroxyl groups excluding tert-OH is 1. The van der Waals surface area contributed by atoms with E-state index >= 15 is 0 Å². The van der Waals surface area contributed by atoms with E-state index in [1.165, 1.54) is 6.26 Å². The second-order valence-electron chi connectivity index (χ2n) is 3.19. The molecule has 0 aromatic heterocycles. The Kier molecular flexibility index (Phi) is 7.08. The van der Waals surface area contributed by atoms with E-state index in [9.17, 15) is 8.42 Å². The largest absolute Gasteiger partial charge is 0.395 e. The van der Waals surface area contributed by atoms with Crippen LogP contribution in [0, 0.1) is 0 Å². The first kappa shape index (κ1) is 13.8. The minimum atomic E-state index is -2.93. The molecule has 0 amide bonds. The van der Waals surface area contributed by atoms with Crippen LogP contribution in [0.1, 0.15) is 0 Å². The molecule has 0 aliphatic heterocycles. The average molecular weight is 225 g/mol. The Morgan fingerprint density at radius 2 is 1.93 bits per heavy atom. The zero-order chi connectivity index (χ0) is 11.0. The summed E-state index contributed by atoms with van der Waals surface area (Å²) in [5.41, 5.74) is 0. The van der Waals surface area contributed by atoms with Crippen LogP contribution < -0.4 is 0 Å². The van der Waals surface area contributed by atoms with Crippen LogP contribution in [0.2, 0.25) is 0 Å². The number of sulfone groups is 1. The van der Waals surface area contributed by atoms with Crippen LogP contribution in [0.15, 0.2) is 0 Å². The summed E-state index contributed by atoms with van der Waals surface area (Å²) in [4.78, 5) is 1.87. The van der Waals surface area contributed by atoms with Crippen LogP contribution in [0.3, 0.4) is 0 Å². The molecular weight excluding hydrogens is 206 g/mol. The molecule has 0 atom stereocenters. The smallest absolute Gasteiger partial charge is 0.148 e. The van der Waals surface area contributed by atoms with Gasteiger partial charge in [-0.1, -0.05) is 0 Å². The number of ether oxygens (including phenoxy) is 1. The van der Waals surface area contributed by atoms with Crippen molar-refractivity contribution in [3.05, 3.63) is 0 Å². The molecule has 0 aliphatic rings. The molecule has 0 fully saturated rings. The summed E-state index contributed by atoms with van der Waals surface area (Å²) < 4.78 is 26.7. The van der Waals surface area contributed by atoms with Gasteiger partial charge in [-0.25, -0.2) is 8.42 Å². The van der Waals surface area contributed by atoms with Gasteiger partial charge in [-0.3, -0.25) is 4.90 Å². The van der Waals surface area contributed by atoms with E-state index in [-0.39, 0.29) is 12.4 Å². The van der Waals surface area contributed by atoms with Crippen molar-refractivity contribution >= 4 is 9.84 Å². The van der Waals surface area contributed by atoms with Crippen LogP contribution >= 0.6 is 0 Å². The highest BCUT2D eigenvalue weighted by Crippen LogP contribution is 1.91. The van der Waals surface area contributed by atoms with Crippen molar-refractivity contribution in [2.45, 2.75) is 0 Å². The molecule has 5 nitrogen and oxygen atoms in total. The number of rotatable bonds is 8. The van der Waals surface area contributed by atoms with Gasteiger partial charge in [-0.05, 0) is 0 Å². The molecule has 0 spiro atoms. The molecule has 0 aliphatic carbocycles. The van der Waals surface area contributed by atoms with Crippen molar-refractivity contribution in [1.82, 2.24) is 4.90 Å². The Morgan fingerprint density at radius 3 is 2.36 bits per heavy atom. The topological polar surface area (TPSA) is 66.8 Å². The zero-order valence-corrected chi connectivity index (χ0v) is 9.59. The van der Waals surface area contributed by atoms with Crippen LogP contribution in [0.5, 0.6) is 0 Å². The molecule has 6 heteroatoms.